The average Bonchev–Trinajstić information content (AvgIpc) is 2.52. The molecule has 8 heteroatoms. The van der Waals surface area contributed by atoms with E-state index in [0.717, 1.165) is 12.1 Å². The Morgan fingerprint density at radius 2 is 1.96 bits per heavy atom. The summed E-state index contributed by atoms with van der Waals surface area (Å²) in [5.41, 5.74) is 0.144. The molecule has 0 bridgehead atoms. The minimum Gasteiger partial charge on any atom is -0.349 e. The van der Waals surface area contributed by atoms with E-state index in [0.29, 0.717) is 0 Å². The van der Waals surface area contributed by atoms with Crippen LogP contribution in [0.4, 0.5) is 10.1 Å². The Kier molecular flexibility index (Phi) is 5.58. The fourth-order valence-electron chi connectivity index (χ4n) is 1.92. The van der Waals surface area contributed by atoms with Gasteiger partial charge in [-0.15, -0.1) is 6.58 Å². The molecule has 0 heterocycles. The Morgan fingerprint density at radius 1 is 1.25 bits per heavy atom. The van der Waals surface area contributed by atoms with Gasteiger partial charge in [-0.2, -0.15) is 0 Å². The van der Waals surface area contributed by atoms with Crippen molar-refractivity contribution < 1.29 is 17.6 Å². The monoisotopic (exact) mass is 368 g/mol. The summed E-state index contributed by atoms with van der Waals surface area (Å²) in [4.78, 5) is 11.5. The van der Waals surface area contributed by atoms with Crippen LogP contribution in [0.1, 0.15) is 10.4 Å². The van der Waals surface area contributed by atoms with Crippen LogP contribution in [-0.2, 0) is 10.0 Å². The summed E-state index contributed by atoms with van der Waals surface area (Å²) >= 11 is 5.63. The van der Waals surface area contributed by atoms with Gasteiger partial charge in [0.05, 0.1) is 11.3 Å². The van der Waals surface area contributed by atoms with E-state index >= 15 is 0 Å². The van der Waals surface area contributed by atoms with Crippen molar-refractivity contribution in [1.29, 1.82) is 0 Å². The van der Waals surface area contributed by atoms with E-state index in [9.17, 15) is 17.6 Å². The first-order valence-corrected chi connectivity index (χ1v) is 8.67. The van der Waals surface area contributed by atoms with Crippen molar-refractivity contribution in [3.8, 4) is 0 Å². The van der Waals surface area contributed by atoms with Gasteiger partial charge < -0.3 is 5.32 Å². The van der Waals surface area contributed by atoms with Crippen LogP contribution in [0.15, 0.2) is 60.0 Å². The molecule has 2 rings (SSSR count). The van der Waals surface area contributed by atoms with Crippen molar-refractivity contribution in [2.75, 3.05) is 11.3 Å². The van der Waals surface area contributed by atoms with Crippen molar-refractivity contribution in [2.24, 2.45) is 0 Å². The minimum atomic E-state index is -4.22. The first-order chi connectivity index (χ1) is 11.3. The molecule has 1 amide bonds. The molecule has 0 unspecified atom stereocenters. The molecular weight excluding hydrogens is 355 g/mol. The van der Waals surface area contributed by atoms with Crippen LogP contribution >= 0.6 is 11.6 Å². The highest BCUT2D eigenvalue weighted by atomic mass is 35.5. The molecule has 0 spiro atoms. The van der Waals surface area contributed by atoms with Crippen LogP contribution in [0, 0.1) is 5.82 Å². The predicted molar refractivity (Wildman–Crippen MR) is 91.2 cm³/mol. The van der Waals surface area contributed by atoms with Crippen molar-refractivity contribution in [2.45, 2.75) is 4.90 Å². The lowest BCUT2D eigenvalue weighted by Crippen LogP contribution is -2.25. The zero-order valence-corrected chi connectivity index (χ0v) is 14.0. The maximum absolute atomic E-state index is 13.9. The molecular formula is C16H14ClFN2O3S. The van der Waals surface area contributed by atoms with Gasteiger partial charge >= 0.3 is 0 Å². The number of benzene rings is 2. The van der Waals surface area contributed by atoms with E-state index in [1.165, 1.54) is 24.3 Å². The van der Waals surface area contributed by atoms with Gasteiger partial charge in [0.1, 0.15) is 10.7 Å². The standard InChI is InChI=1S/C16H14ClFN2O3S/c1-2-9-19-16(21)12-5-3-4-6-14(12)20-24(22,23)15-8-7-11(17)10-13(15)18/h2-8,10,20H,1,9H2,(H,19,21). The maximum Gasteiger partial charge on any atom is 0.264 e. The zero-order chi connectivity index (χ0) is 17.7. The predicted octanol–water partition coefficient (Wildman–Crippen LogP) is 3.20. The SMILES string of the molecule is C=CCNC(=O)c1ccccc1NS(=O)(=O)c1ccc(Cl)cc1F. The number of nitrogens with one attached hydrogen (secondary N) is 2. The fourth-order valence-corrected chi connectivity index (χ4v) is 3.22. The Balaban J connectivity index is 2.36. The Labute approximate surface area is 144 Å². The highest BCUT2D eigenvalue weighted by molar-refractivity contribution is 7.92. The number of anilines is 1. The number of para-hydroxylation sites is 1. The topological polar surface area (TPSA) is 75.3 Å². The number of carbonyl (C=O) groups excluding carboxylic acids is 1. The second-order valence-electron chi connectivity index (χ2n) is 4.72. The van der Waals surface area contributed by atoms with Crippen LogP contribution in [-0.4, -0.2) is 20.9 Å². The van der Waals surface area contributed by atoms with E-state index in [1.807, 2.05) is 0 Å². The highest BCUT2D eigenvalue weighted by Crippen LogP contribution is 2.23. The first-order valence-electron chi connectivity index (χ1n) is 6.81. The minimum absolute atomic E-state index is 0.0356. The normalized spacial score (nSPS) is 10.9. The van der Waals surface area contributed by atoms with Gasteiger partial charge in [-0.25, -0.2) is 12.8 Å². The summed E-state index contributed by atoms with van der Waals surface area (Å²) in [6.07, 6.45) is 1.49. The van der Waals surface area contributed by atoms with Crippen LogP contribution in [0.5, 0.6) is 0 Å². The van der Waals surface area contributed by atoms with Crippen molar-refractivity contribution in [1.82, 2.24) is 5.32 Å². The van der Waals surface area contributed by atoms with Gasteiger partial charge in [-0.1, -0.05) is 29.8 Å². The van der Waals surface area contributed by atoms with E-state index in [4.69, 9.17) is 11.6 Å². The van der Waals surface area contributed by atoms with Gasteiger partial charge in [0, 0.05) is 11.6 Å². The number of halogens is 2. The molecule has 0 atom stereocenters. The van der Waals surface area contributed by atoms with Crippen LogP contribution in [0.3, 0.4) is 0 Å². The molecule has 0 aliphatic carbocycles. The third-order valence-electron chi connectivity index (χ3n) is 3.01. The molecule has 2 N–H and O–H groups in total. The molecule has 0 aromatic heterocycles. The third-order valence-corrected chi connectivity index (χ3v) is 4.64. The Bertz CT molecular complexity index is 885. The molecule has 24 heavy (non-hydrogen) atoms. The lowest BCUT2D eigenvalue weighted by atomic mass is 10.1. The summed E-state index contributed by atoms with van der Waals surface area (Å²) < 4.78 is 40.9. The highest BCUT2D eigenvalue weighted by Gasteiger charge is 2.21. The second-order valence-corrected chi connectivity index (χ2v) is 6.81. The lowest BCUT2D eigenvalue weighted by Gasteiger charge is -2.13. The Hall–Kier alpha value is -2.38. The summed E-state index contributed by atoms with van der Waals surface area (Å²) in [6, 6.07) is 9.23. The number of rotatable bonds is 6. The molecule has 0 radical (unpaired) electrons. The molecule has 0 saturated heterocycles. The van der Waals surface area contributed by atoms with E-state index in [1.54, 1.807) is 12.1 Å². The average molecular weight is 369 g/mol. The number of hydrogen-bond acceptors (Lipinski definition) is 3. The molecule has 0 saturated carbocycles. The second kappa shape index (κ2) is 7.46. The quantitative estimate of drug-likeness (QED) is 0.769. The maximum atomic E-state index is 13.9. The molecule has 2 aromatic carbocycles. The molecule has 0 aliphatic rings. The van der Waals surface area contributed by atoms with Crippen LogP contribution in [0.25, 0.3) is 0 Å². The number of hydrogen-bond donors (Lipinski definition) is 2. The van der Waals surface area contributed by atoms with E-state index < -0.39 is 26.6 Å². The summed E-state index contributed by atoms with van der Waals surface area (Å²) in [5.74, 6) is -1.46. The summed E-state index contributed by atoms with van der Waals surface area (Å²) in [6.45, 7) is 3.71. The molecule has 126 valence electrons. The number of amides is 1. The lowest BCUT2D eigenvalue weighted by molar-refractivity contribution is 0.0959. The van der Waals surface area contributed by atoms with Gasteiger partial charge in [0.25, 0.3) is 15.9 Å². The number of carbonyl (C=O) groups is 1. The van der Waals surface area contributed by atoms with Crippen molar-refractivity contribution in [3.63, 3.8) is 0 Å². The van der Waals surface area contributed by atoms with E-state index in [2.05, 4.69) is 16.6 Å². The van der Waals surface area contributed by atoms with Gasteiger partial charge in [0.15, 0.2) is 0 Å². The van der Waals surface area contributed by atoms with Crippen molar-refractivity contribution >= 4 is 33.2 Å². The van der Waals surface area contributed by atoms with Crippen LogP contribution < -0.4 is 10.0 Å². The molecule has 0 aliphatic heterocycles. The molecule has 0 fully saturated rings. The van der Waals surface area contributed by atoms with Crippen molar-refractivity contribution in [3.05, 3.63) is 71.5 Å². The van der Waals surface area contributed by atoms with Gasteiger partial charge in [0.2, 0.25) is 0 Å². The van der Waals surface area contributed by atoms with Crippen LogP contribution in [0.2, 0.25) is 5.02 Å². The number of sulfonamides is 1. The molecule has 2 aromatic rings. The zero-order valence-electron chi connectivity index (χ0n) is 12.4. The smallest absolute Gasteiger partial charge is 0.264 e. The Morgan fingerprint density at radius 3 is 2.62 bits per heavy atom. The summed E-state index contributed by atoms with van der Waals surface area (Å²) in [7, 11) is -4.22. The van der Waals surface area contributed by atoms with E-state index in [-0.39, 0.29) is 22.8 Å². The third kappa shape index (κ3) is 4.12. The largest absolute Gasteiger partial charge is 0.349 e. The first kappa shape index (κ1) is 18.0. The van der Waals surface area contributed by atoms with Gasteiger partial charge in [-0.3, -0.25) is 9.52 Å². The molecule has 5 nitrogen and oxygen atoms in total. The van der Waals surface area contributed by atoms with Gasteiger partial charge in [-0.05, 0) is 30.3 Å². The summed E-state index contributed by atoms with van der Waals surface area (Å²) in [5, 5.41) is 2.63. The fraction of sp³-hybridized carbons (Fsp3) is 0.0625.